The van der Waals surface area contributed by atoms with Crippen LogP contribution in [-0.4, -0.2) is 18.0 Å². The molecule has 6 aromatic rings. The molecule has 0 saturated heterocycles. The van der Waals surface area contributed by atoms with Gasteiger partial charge in [0, 0.05) is 34.5 Å². The number of nitrogens with zero attached hydrogens (tertiary/aromatic N) is 2. The highest BCUT2D eigenvalue weighted by Gasteiger charge is 2.43. The Bertz CT molecular complexity index is 2030. The number of hydrogen-bond acceptors (Lipinski definition) is 3. The number of ether oxygens (including phenoxy) is 1. The van der Waals surface area contributed by atoms with Crippen molar-refractivity contribution in [2.45, 2.75) is 32.4 Å². The summed E-state index contributed by atoms with van der Waals surface area (Å²) in [6.45, 7) is 9.55. The highest BCUT2D eigenvalue weighted by Crippen LogP contribution is 2.54. The summed E-state index contributed by atoms with van der Waals surface area (Å²) in [5.74, 6) is 2.07. The van der Waals surface area contributed by atoms with Crippen molar-refractivity contribution >= 4 is 29.5 Å². The maximum absolute atomic E-state index is 6.75. The van der Waals surface area contributed by atoms with Crippen molar-refractivity contribution < 1.29 is 4.74 Å². The number of aromatic nitrogens is 2. The van der Waals surface area contributed by atoms with Gasteiger partial charge in [0.2, 0.25) is 0 Å². The monoisotopic (exact) mass is 546 g/mol. The zero-order valence-corrected chi connectivity index (χ0v) is 24.7. The summed E-state index contributed by atoms with van der Waals surface area (Å²) in [4.78, 5) is 9.61. The van der Waals surface area contributed by atoms with Crippen molar-refractivity contribution in [1.29, 1.82) is 0 Å². The van der Waals surface area contributed by atoms with Gasteiger partial charge in [-0.3, -0.25) is 9.97 Å². The second-order valence-electron chi connectivity index (χ2n) is 12.3. The van der Waals surface area contributed by atoms with Crippen LogP contribution in [0.5, 0.6) is 11.5 Å². The SMILES string of the molecule is CC1(C)c2cc(-c3ccc(-c4ccccc4)c4nccnc34)ccc2-c2c1ccc1c2Oc2ccccc2[Si]1(C)C. The van der Waals surface area contributed by atoms with Crippen molar-refractivity contribution in [1.82, 2.24) is 9.97 Å². The van der Waals surface area contributed by atoms with Gasteiger partial charge in [0.25, 0.3) is 0 Å². The number of fused-ring (bicyclic) bond motifs is 7. The molecule has 8 rings (SSSR count). The van der Waals surface area contributed by atoms with E-state index in [9.17, 15) is 0 Å². The van der Waals surface area contributed by atoms with Crippen LogP contribution in [0.3, 0.4) is 0 Å². The zero-order chi connectivity index (χ0) is 27.9. The normalized spacial score (nSPS) is 15.4. The maximum atomic E-state index is 6.75. The summed E-state index contributed by atoms with van der Waals surface area (Å²) in [5.41, 5.74) is 11.4. The molecule has 0 saturated carbocycles. The standard InChI is InChI=1S/C37H30N2OSi/c1-37(2)28-18-19-32-36(40-30-12-8-9-13-31(30)41(32,3)4)33(28)27-15-14-24(22-29(27)37)26-17-16-25(23-10-6-5-7-11-23)34-35(26)39-21-20-38-34/h5-22H,1-4H3. The maximum Gasteiger partial charge on any atom is 0.135 e. The number of rotatable bonds is 2. The third-order valence-corrected chi connectivity index (χ3v) is 12.8. The van der Waals surface area contributed by atoms with E-state index in [1.54, 1.807) is 12.4 Å². The highest BCUT2D eigenvalue weighted by atomic mass is 28.3. The van der Waals surface area contributed by atoms with E-state index in [2.05, 4.69) is 118 Å². The molecule has 0 unspecified atom stereocenters. The van der Waals surface area contributed by atoms with Crippen LogP contribution in [0.4, 0.5) is 0 Å². The van der Waals surface area contributed by atoms with Crippen molar-refractivity contribution in [3.63, 3.8) is 0 Å². The van der Waals surface area contributed by atoms with Gasteiger partial charge in [0.1, 0.15) is 19.6 Å². The van der Waals surface area contributed by atoms with Crippen LogP contribution in [0, 0.1) is 0 Å². The minimum Gasteiger partial charge on any atom is -0.457 e. The van der Waals surface area contributed by atoms with E-state index in [1.807, 2.05) is 6.07 Å². The number of benzene rings is 5. The molecule has 2 heterocycles. The predicted molar refractivity (Wildman–Crippen MR) is 171 cm³/mol. The third kappa shape index (κ3) is 3.37. The molecule has 0 fully saturated rings. The Balaban J connectivity index is 1.31. The minimum atomic E-state index is -1.91. The fraction of sp³-hybridized carbons (Fsp3) is 0.135. The molecule has 0 atom stereocenters. The zero-order valence-electron chi connectivity index (χ0n) is 23.7. The summed E-state index contributed by atoms with van der Waals surface area (Å²) in [5, 5.41) is 2.74. The lowest BCUT2D eigenvalue weighted by atomic mass is 9.81. The van der Waals surface area contributed by atoms with E-state index >= 15 is 0 Å². The van der Waals surface area contributed by atoms with Gasteiger partial charge in [-0.25, -0.2) is 0 Å². The van der Waals surface area contributed by atoms with Crippen LogP contribution < -0.4 is 15.1 Å². The number of para-hydroxylation sites is 1. The molecule has 0 N–H and O–H groups in total. The molecule has 0 amide bonds. The Morgan fingerprint density at radius 1 is 0.610 bits per heavy atom. The predicted octanol–water partition coefficient (Wildman–Crippen LogP) is 8.20. The van der Waals surface area contributed by atoms with E-state index in [0.29, 0.717) is 0 Å². The van der Waals surface area contributed by atoms with Crippen LogP contribution >= 0.6 is 0 Å². The van der Waals surface area contributed by atoms with Crippen LogP contribution in [0.2, 0.25) is 13.1 Å². The molecule has 5 aromatic carbocycles. The van der Waals surface area contributed by atoms with Crippen LogP contribution in [0.25, 0.3) is 44.4 Å². The molecule has 198 valence electrons. The fourth-order valence-corrected chi connectivity index (χ4v) is 9.83. The lowest BCUT2D eigenvalue weighted by molar-refractivity contribution is 0.487. The van der Waals surface area contributed by atoms with Crippen molar-refractivity contribution in [3.05, 3.63) is 121 Å². The van der Waals surface area contributed by atoms with Gasteiger partial charge in [-0.05, 0) is 50.3 Å². The quantitative estimate of drug-likeness (QED) is 0.205. The Hall–Kier alpha value is -4.54. The molecule has 1 aliphatic heterocycles. The van der Waals surface area contributed by atoms with Crippen molar-refractivity contribution in [3.8, 4) is 44.9 Å². The molecule has 41 heavy (non-hydrogen) atoms. The lowest BCUT2D eigenvalue weighted by Gasteiger charge is -2.34. The average Bonchev–Trinajstić information content (AvgIpc) is 3.23. The molecule has 0 spiro atoms. The third-order valence-electron chi connectivity index (χ3n) is 9.26. The molecule has 3 nitrogen and oxygen atoms in total. The van der Waals surface area contributed by atoms with E-state index in [4.69, 9.17) is 14.7 Å². The summed E-state index contributed by atoms with van der Waals surface area (Å²) in [6, 6.07) is 35.0. The van der Waals surface area contributed by atoms with Gasteiger partial charge >= 0.3 is 0 Å². The van der Waals surface area contributed by atoms with Crippen molar-refractivity contribution in [2.75, 3.05) is 0 Å². The molecule has 0 bridgehead atoms. The lowest BCUT2D eigenvalue weighted by Crippen LogP contribution is -2.56. The molecule has 1 aromatic heterocycles. The summed E-state index contributed by atoms with van der Waals surface area (Å²) < 4.78 is 6.75. The Morgan fingerprint density at radius 3 is 2.02 bits per heavy atom. The minimum absolute atomic E-state index is 0.160. The first-order chi connectivity index (χ1) is 19.9. The highest BCUT2D eigenvalue weighted by molar-refractivity contribution is 7.01. The van der Waals surface area contributed by atoms with E-state index in [1.165, 1.54) is 32.6 Å². The van der Waals surface area contributed by atoms with Crippen LogP contribution in [0.1, 0.15) is 25.0 Å². The Morgan fingerprint density at radius 2 is 1.27 bits per heavy atom. The van der Waals surface area contributed by atoms with Gasteiger partial charge in [-0.2, -0.15) is 0 Å². The van der Waals surface area contributed by atoms with Gasteiger partial charge in [0.05, 0.1) is 11.0 Å². The molecule has 0 radical (unpaired) electrons. The number of hydrogen-bond donors (Lipinski definition) is 0. The average molecular weight is 547 g/mol. The van der Waals surface area contributed by atoms with E-state index in [-0.39, 0.29) is 5.41 Å². The van der Waals surface area contributed by atoms with Crippen molar-refractivity contribution in [2.24, 2.45) is 0 Å². The summed E-state index contributed by atoms with van der Waals surface area (Å²) in [6.07, 6.45) is 3.58. The molecule has 4 heteroatoms. The summed E-state index contributed by atoms with van der Waals surface area (Å²) >= 11 is 0. The smallest absolute Gasteiger partial charge is 0.135 e. The van der Waals surface area contributed by atoms with Gasteiger partial charge in [-0.1, -0.05) is 112 Å². The fourth-order valence-electron chi connectivity index (χ4n) is 7.03. The first-order valence-electron chi connectivity index (χ1n) is 14.3. The topological polar surface area (TPSA) is 35.0 Å². The molecule has 2 aliphatic rings. The Kier molecular flexibility index (Phi) is 5.02. The second-order valence-corrected chi connectivity index (χ2v) is 16.6. The van der Waals surface area contributed by atoms with E-state index in [0.717, 1.165) is 44.8 Å². The first-order valence-corrected chi connectivity index (χ1v) is 17.3. The molecular formula is C37H30N2OSi. The summed E-state index contributed by atoms with van der Waals surface area (Å²) in [7, 11) is -1.91. The van der Waals surface area contributed by atoms with Crippen LogP contribution in [-0.2, 0) is 5.41 Å². The van der Waals surface area contributed by atoms with Gasteiger partial charge in [0.15, 0.2) is 0 Å². The van der Waals surface area contributed by atoms with E-state index < -0.39 is 8.07 Å². The van der Waals surface area contributed by atoms with Gasteiger partial charge < -0.3 is 4.74 Å². The first kappa shape index (κ1) is 24.3. The molecular weight excluding hydrogens is 517 g/mol. The largest absolute Gasteiger partial charge is 0.457 e. The van der Waals surface area contributed by atoms with Crippen LogP contribution in [0.15, 0.2) is 109 Å². The Labute approximate surface area is 241 Å². The van der Waals surface area contributed by atoms with Gasteiger partial charge in [-0.15, -0.1) is 0 Å². The second kappa shape index (κ2) is 8.48. The molecule has 1 aliphatic carbocycles.